The van der Waals surface area contributed by atoms with Crippen LogP contribution in [-0.4, -0.2) is 11.8 Å². The first kappa shape index (κ1) is 14.6. The van der Waals surface area contributed by atoms with Gasteiger partial charge in [0.15, 0.2) is 5.42 Å². The zero-order valence-electron chi connectivity index (χ0n) is 19.7. The predicted molar refractivity (Wildman–Crippen MR) is 119 cm³/mol. The molecule has 5 rings (SSSR count). The Morgan fingerprint density at radius 3 is 2.79 bits per heavy atom. The Labute approximate surface area is 174 Å². The van der Waals surface area contributed by atoms with Gasteiger partial charge in [-0.2, -0.15) is 0 Å². The summed E-state index contributed by atoms with van der Waals surface area (Å²) >= 11 is 0. The van der Waals surface area contributed by atoms with Crippen LogP contribution in [0.3, 0.4) is 0 Å². The maximum atomic E-state index is 8.09. The van der Waals surface area contributed by atoms with Crippen molar-refractivity contribution in [1.82, 2.24) is 4.98 Å². The Bertz CT molecular complexity index is 1460. The molecule has 1 aliphatic heterocycles. The van der Waals surface area contributed by atoms with Gasteiger partial charge in [-0.05, 0) is 49.4 Å². The number of nitrogens with zero attached hydrogens (tertiary/aromatic N) is 3. The summed E-state index contributed by atoms with van der Waals surface area (Å²) in [5.74, 6) is 3.06. The Hall–Kier alpha value is -3.34. The zero-order valence-corrected chi connectivity index (χ0v) is 16.7. The molecule has 0 aliphatic carbocycles. The number of hydrogen-bond donors (Lipinski definition) is 0. The van der Waals surface area contributed by atoms with Crippen LogP contribution < -0.4 is 20.0 Å². The van der Waals surface area contributed by atoms with Gasteiger partial charge in [0.25, 0.3) is 5.82 Å². The molecule has 0 spiro atoms. The van der Waals surface area contributed by atoms with Crippen LogP contribution in [0.5, 0.6) is 0 Å². The van der Waals surface area contributed by atoms with Gasteiger partial charge < -0.3 is 4.42 Å². The van der Waals surface area contributed by atoms with Crippen molar-refractivity contribution in [3.8, 4) is 11.1 Å². The number of hydrogen-bond acceptors (Lipinski definition) is 3. The number of fused-ring (bicyclic) bond motifs is 3. The van der Waals surface area contributed by atoms with E-state index in [1.54, 1.807) is 12.4 Å². The third-order valence-corrected chi connectivity index (χ3v) is 5.59. The molecule has 0 bridgehead atoms. The minimum absolute atomic E-state index is 0.0388. The number of benzene rings is 1. The van der Waals surface area contributed by atoms with Gasteiger partial charge in [0.2, 0.25) is 5.71 Å². The maximum absolute atomic E-state index is 8.09. The molecule has 0 fully saturated rings. The fraction of sp³-hybridized carbons (Fsp3) is 0.167. The highest BCUT2D eigenvalue weighted by Crippen LogP contribution is 2.28. The van der Waals surface area contributed by atoms with Gasteiger partial charge in [-0.25, -0.2) is 9.55 Å². The minimum Gasteiger partial charge on any atom is -0.434 e. The summed E-state index contributed by atoms with van der Waals surface area (Å²) in [5.41, 5.74) is 4.28. The molecule has 0 radical (unpaired) electrons. The molecule has 3 aromatic heterocycles. The standard InChI is InChI=1S/C24H23BN3O/c1-16-15-27(4)22(13-20(16)18-9-6-5-7-10-18)28-17(2)23-21(14-25(28)3)19-11-8-12-26-24(19)29-23/h5-15H,1-4H3/q+1/i1D3. The number of pyridine rings is 2. The van der Waals surface area contributed by atoms with Crippen molar-refractivity contribution in [2.24, 2.45) is 7.05 Å². The molecule has 0 unspecified atom stereocenters. The summed E-state index contributed by atoms with van der Waals surface area (Å²) in [4.78, 5) is 6.55. The first-order valence-electron chi connectivity index (χ1n) is 11.2. The first-order chi connectivity index (χ1) is 15.3. The minimum atomic E-state index is -2.22. The number of aryl methyl sites for hydroxylation is 2. The second kappa shape index (κ2) is 6.62. The summed E-state index contributed by atoms with van der Waals surface area (Å²) in [6.45, 7) is 1.97. The lowest BCUT2D eigenvalue weighted by Crippen LogP contribution is -2.50. The second-order valence-electron chi connectivity index (χ2n) is 7.50. The molecule has 4 nitrogen and oxygen atoms in total. The molecule has 5 heteroatoms. The molecule has 1 aliphatic rings. The smallest absolute Gasteiger partial charge is 0.402 e. The van der Waals surface area contributed by atoms with Crippen LogP contribution >= 0.6 is 0 Å². The summed E-state index contributed by atoms with van der Waals surface area (Å²) < 4.78 is 32.3. The van der Waals surface area contributed by atoms with E-state index in [1.165, 1.54) is 0 Å². The third-order valence-electron chi connectivity index (χ3n) is 5.59. The highest BCUT2D eigenvalue weighted by Gasteiger charge is 2.34. The fourth-order valence-corrected chi connectivity index (χ4v) is 4.23. The molecule has 0 saturated heterocycles. The van der Waals surface area contributed by atoms with Crippen LogP contribution in [0.2, 0.25) is 6.82 Å². The molecule has 4 heterocycles. The summed E-state index contributed by atoms with van der Waals surface area (Å²) in [6, 6.07) is 15.6. The van der Waals surface area contributed by atoms with Crippen molar-refractivity contribution in [3.63, 3.8) is 0 Å². The van der Waals surface area contributed by atoms with Gasteiger partial charge in [-0.15, -0.1) is 0 Å². The molecule has 29 heavy (non-hydrogen) atoms. The Morgan fingerprint density at radius 2 is 2.00 bits per heavy atom. The van der Waals surface area contributed by atoms with Gasteiger partial charge in [-0.1, -0.05) is 36.3 Å². The van der Waals surface area contributed by atoms with E-state index >= 15 is 0 Å². The number of furan rings is 1. The van der Waals surface area contributed by atoms with Crippen LogP contribution in [-0.2, 0) is 7.05 Å². The molecule has 4 aromatic rings. The lowest BCUT2D eigenvalue weighted by atomic mass is 9.60. The van der Waals surface area contributed by atoms with Crippen molar-refractivity contribution in [1.29, 1.82) is 0 Å². The van der Waals surface area contributed by atoms with Crippen LogP contribution in [0.25, 0.3) is 33.9 Å². The van der Waals surface area contributed by atoms with Gasteiger partial charge in [-0.3, -0.25) is 4.81 Å². The quantitative estimate of drug-likeness (QED) is 0.394. The number of anilines is 1. The van der Waals surface area contributed by atoms with Crippen molar-refractivity contribution in [2.45, 2.75) is 20.6 Å². The van der Waals surface area contributed by atoms with Gasteiger partial charge >= 0.3 is 6.85 Å². The van der Waals surface area contributed by atoms with E-state index < -0.39 is 6.85 Å². The van der Waals surface area contributed by atoms with E-state index in [-0.39, 0.29) is 6.85 Å². The van der Waals surface area contributed by atoms with Gasteiger partial charge in [0.05, 0.1) is 13.2 Å². The van der Waals surface area contributed by atoms with Gasteiger partial charge in [0.1, 0.15) is 5.70 Å². The molecule has 0 saturated carbocycles. The third kappa shape index (κ3) is 2.77. The monoisotopic (exact) mass is 383 g/mol. The van der Waals surface area contributed by atoms with E-state index in [2.05, 4.69) is 22.6 Å². The maximum Gasteiger partial charge on any atom is 0.402 e. The Balaban J connectivity index is 1.76. The molecule has 142 valence electrons. The lowest BCUT2D eigenvalue weighted by Gasteiger charge is -2.24. The summed E-state index contributed by atoms with van der Waals surface area (Å²) in [6.07, 6.45) is 3.45. The fourth-order valence-electron chi connectivity index (χ4n) is 4.23. The average Bonchev–Trinajstić information content (AvgIpc) is 3.13. The molecule has 0 N–H and O–H groups in total. The Morgan fingerprint density at radius 1 is 1.17 bits per heavy atom. The summed E-state index contributed by atoms with van der Waals surface area (Å²) in [5, 5.41) is 2.06. The van der Waals surface area contributed by atoms with Gasteiger partial charge in [0, 0.05) is 27.0 Å². The Kier molecular flexibility index (Phi) is 3.34. The average molecular weight is 383 g/mol. The molecule has 0 atom stereocenters. The largest absolute Gasteiger partial charge is 0.434 e. The van der Waals surface area contributed by atoms with E-state index in [4.69, 9.17) is 8.53 Å². The number of aromatic nitrogens is 2. The highest BCUT2D eigenvalue weighted by molar-refractivity contribution is 6.77. The van der Waals surface area contributed by atoms with Crippen molar-refractivity contribution in [2.75, 3.05) is 4.81 Å². The van der Waals surface area contributed by atoms with E-state index in [9.17, 15) is 0 Å². The highest BCUT2D eigenvalue weighted by atomic mass is 16.3. The number of rotatable bonds is 2. The molecule has 0 amide bonds. The van der Waals surface area contributed by atoms with Crippen molar-refractivity contribution >= 4 is 35.4 Å². The predicted octanol–water partition coefficient (Wildman–Crippen LogP) is 3.22. The van der Waals surface area contributed by atoms with E-state index in [1.807, 2.05) is 67.1 Å². The zero-order chi connectivity index (χ0) is 22.6. The van der Waals surface area contributed by atoms with Crippen molar-refractivity contribution in [3.05, 3.63) is 77.1 Å². The van der Waals surface area contributed by atoms with E-state index in [0.29, 0.717) is 16.8 Å². The van der Waals surface area contributed by atoms with E-state index in [0.717, 1.165) is 33.1 Å². The van der Waals surface area contributed by atoms with Crippen LogP contribution in [0.4, 0.5) is 5.82 Å². The van der Waals surface area contributed by atoms with Crippen LogP contribution in [0.1, 0.15) is 16.6 Å². The SMILES string of the molecule is [2H]C([2H])([2H])c1c[n+](C)c(N2B(C)C=c3c(oc4ncccc34)=C2C)cc1-c1ccccc1. The van der Waals surface area contributed by atoms with Crippen LogP contribution in [0, 0.1) is 6.85 Å². The molecular weight excluding hydrogens is 357 g/mol. The second-order valence-corrected chi connectivity index (χ2v) is 7.50. The molecule has 1 aromatic carbocycles. The first-order valence-corrected chi connectivity index (χ1v) is 9.71. The topological polar surface area (TPSA) is 33.2 Å². The normalized spacial score (nSPS) is 15.6. The lowest BCUT2D eigenvalue weighted by molar-refractivity contribution is -0.658. The van der Waals surface area contributed by atoms with Crippen LogP contribution in [0.15, 0.2) is 65.3 Å². The van der Waals surface area contributed by atoms with Crippen molar-refractivity contribution < 1.29 is 13.1 Å². The summed E-state index contributed by atoms with van der Waals surface area (Å²) in [7, 11) is 1.88. The molecular formula is C24H23BN3O+.